The van der Waals surface area contributed by atoms with Crippen LogP contribution in [0.15, 0.2) is 22.7 Å². The first-order valence-electron chi connectivity index (χ1n) is 5.76. The van der Waals surface area contributed by atoms with Crippen molar-refractivity contribution in [3.8, 4) is 0 Å². The van der Waals surface area contributed by atoms with Gasteiger partial charge >= 0.3 is 0 Å². The summed E-state index contributed by atoms with van der Waals surface area (Å²) >= 11 is 8.58. The van der Waals surface area contributed by atoms with E-state index in [2.05, 4.69) is 32.4 Å². The van der Waals surface area contributed by atoms with Crippen molar-refractivity contribution in [2.45, 2.75) is 13.8 Å². The van der Waals surface area contributed by atoms with E-state index in [1.165, 1.54) is 0 Å². The van der Waals surface area contributed by atoms with Crippen molar-refractivity contribution in [1.29, 1.82) is 0 Å². The second-order valence-corrected chi connectivity index (χ2v) is 5.79. The maximum Gasteiger partial charge on any atom is 0.138 e. The van der Waals surface area contributed by atoms with E-state index in [1.54, 1.807) is 4.68 Å². The third-order valence-electron chi connectivity index (χ3n) is 2.77. The van der Waals surface area contributed by atoms with Crippen molar-refractivity contribution in [2.24, 2.45) is 12.8 Å². The molecule has 4 nitrogen and oxygen atoms in total. The van der Waals surface area contributed by atoms with E-state index >= 15 is 0 Å². The van der Waals surface area contributed by atoms with Gasteiger partial charge in [-0.25, -0.2) is 0 Å². The predicted molar refractivity (Wildman–Crippen MR) is 86.0 cm³/mol. The molecule has 0 fully saturated rings. The number of hydrogen-bond donors (Lipinski definition) is 2. The maximum absolute atomic E-state index is 5.77. The Morgan fingerprint density at radius 2 is 2.05 bits per heavy atom. The zero-order valence-corrected chi connectivity index (χ0v) is 13.4. The smallest absolute Gasteiger partial charge is 0.138 e. The summed E-state index contributed by atoms with van der Waals surface area (Å²) in [6.07, 6.45) is 0. The fourth-order valence-electron chi connectivity index (χ4n) is 2.04. The molecule has 0 aliphatic carbocycles. The van der Waals surface area contributed by atoms with Crippen LogP contribution < -0.4 is 11.1 Å². The Hall–Kier alpha value is -1.40. The Kier molecular flexibility index (Phi) is 3.91. The summed E-state index contributed by atoms with van der Waals surface area (Å²) in [6, 6.07) is 6.10. The molecule has 0 unspecified atom stereocenters. The molecule has 0 atom stereocenters. The summed E-state index contributed by atoms with van der Waals surface area (Å²) in [5.74, 6) is 0.808. The van der Waals surface area contributed by atoms with Crippen LogP contribution in [0, 0.1) is 13.8 Å². The van der Waals surface area contributed by atoms with Gasteiger partial charge in [0.1, 0.15) is 10.8 Å². The molecule has 3 N–H and O–H groups in total. The fourth-order valence-corrected chi connectivity index (χ4v) is 2.89. The van der Waals surface area contributed by atoms with Crippen molar-refractivity contribution in [1.82, 2.24) is 9.78 Å². The molecular formula is C13H15BrN4S. The van der Waals surface area contributed by atoms with Gasteiger partial charge in [0.05, 0.1) is 11.3 Å². The van der Waals surface area contributed by atoms with E-state index in [-0.39, 0.29) is 0 Å². The van der Waals surface area contributed by atoms with Gasteiger partial charge in [-0.15, -0.1) is 0 Å². The fraction of sp³-hybridized carbons (Fsp3) is 0.231. The molecule has 0 aliphatic rings. The number of aromatic nitrogens is 2. The topological polar surface area (TPSA) is 55.9 Å². The maximum atomic E-state index is 5.77. The highest BCUT2D eigenvalue weighted by Crippen LogP contribution is 2.26. The molecular weight excluding hydrogens is 324 g/mol. The van der Waals surface area contributed by atoms with Crippen LogP contribution in [0.3, 0.4) is 0 Å². The van der Waals surface area contributed by atoms with Gasteiger partial charge in [-0.3, -0.25) is 4.68 Å². The highest BCUT2D eigenvalue weighted by molar-refractivity contribution is 9.10. The van der Waals surface area contributed by atoms with Gasteiger partial charge in [0.15, 0.2) is 0 Å². The number of aryl methyl sites for hydroxylation is 3. The van der Waals surface area contributed by atoms with Crippen molar-refractivity contribution >= 4 is 44.6 Å². The van der Waals surface area contributed by atoms with Gasteiger partial charge in [0, 0.05) is 17.2 Å². The second-order valence-electron chi connectivity index (χ2n) is 4.44. The quantitative estimate of drug-likeness (QED) is 0.844. The number of benzene rings is 1. The Morgan fingerprint density at radius 3 is 2.63 bits per heavy atom. The normalized spacial score (nSPS) is 10.5. The number of nitrogens with one attached hydrogen (secondary N) is 1. The zero-order valence-electron chi connectivity index (χ0n) is 11.0. The molecule has 6 heteroatoms. The molecule has 0 spiro atoms. The van der Waals surface area contributed by atoms with Crippen molar-refractivity contribution in [2.75, 3.05) is 5.32 Å². The summed E-state index contributed by atoms with van der Waals surface area (Å²) in [4.78, 5) is 0.347. The van der Waals surface area contributed by atoms with Crippen LogP contribution in [0.2, 0.25) is 0 Å². The number of thiocarbonyl (C=S) groups is 1. The first kappa shape index (κ1) is 14.0. The summed E-state index contributed by atoms with van der Waals surface area (Å²) in [7, 11) is 1.86. The van der Waals surface area contributed by atoms with E-state index < -0.39 is 0 Å². The summed E-state index contributed by atoms with van der Waals surface area (Å²) < 4.78 is 2.77. The summed E-state index contributed by atoms with van der Waals surface area (Å²) in [5.41, 5.74) is 9.51. The lowest BCUT2D eigenvalue weighted by Gasteiger charge is -2.10. The number of hydrogen-bond acceptors (Lipinski definition) is 3. The van der Waals surface area contributed by atoms with E-state index in [1.807, 2.05) is 33.0 Å². The Labute approximate surface area is 126 Å². The molecule has 0 radical (unpaired) electrons. The van der Waals surface area contributed by atoms with Crippen LogP contribution in [0.1, 0.15) is 16.8 Å². The van der Waals surface area contributed by atoms with Gasteiger partial charge in [0.25, 0.3) is 0 Å². The number of nitrogens with zero attached hydrogens (tertiary/aromatic N) is 2. The standard InChI is InChI=1S/C13H15BrN4S/c1-7-4-9(14)6-10(5-7)16-13-11(12(15)19)8(2)17-18(13)3/h4-6,16H,1-3H3,(H2,15,19). The third kappa shape index (κ3) is 2.96. The minimum atomic E-state index is 0.347. The Balaban J connectivity index is 2.46. The molecule has 2 rings (SSSR count). The third-order valence-corrected chi connectivity index (χ3v) is 3.44. The second kappa shape index (κ2) is 5.30. The molecule has 1 heterocycles. The number of nitrogens with two attached hydrogens (primary N) is 1. The molecule has 100 valence electrons. The molecule has 0 saturated heterocycles. The SMILES string of the molecule is Cc1cc(Br)cc(Nc2c(C(N)=S)c(C)nn2C)c1. The zero-order chi connectivity index (χ0) is 14.2. The van der Waals surface area contributed by atoms with E-state index in [9.17, 15) is 0 Å². The van der Waals surface area contributed by atoms with Gasteiger partial charge in [-0.2, -0.15) is 5.10 Å². The van der Waals surface area contributed by atoms with Crippen LogP contribution >= 0.6 is 28.1 Å². The molecule has 0 aliphatic heterocycles. The van der Waals surface area contributed by atoms with Gasteiger partial charge in [-0.05, 0) is 37.6 Å². The largest absolute Gasteiger partial charge is 0.389 e. The number of halogens is 1. The van der Waals surface area contributed by atoms with Crippen molar-refractivity contribution < 1.29 is 0 Å². The Bertz CT molecular complexity index is 628. The van der Waals surface area contributed by atoms with E-state index in [0.717, 1.165) is 32.8 Å². The van der Waals surface area contributed by atoms with E-state index in [4.69, 9.17) is 18.0 Å². The van der Waals surface area contributed by atoms with Crippen LogP contribution in [0.4, 0.5) is 11.5 Å². The lowest BCUT2D eigenvalue weighted by atomic mass is 10.2. The minimum Gasteiger partial charge on any atom is -0.389 e. The van der Waals surface area contributed by atoms with Gasteiger partial charge in [0.2, 0.25) is 0 Å². The lowest BCUT2D eigenvalue weighted by Crippen LogP contribution is -2.13. The lowest BCUT2D eigenvalue weighted by molar-refractivity contribution is 0.765. The number of rotatable bonds is 3. The molecule has 1 aromatic heterocycles. The molecule has 0 bridgehead atoms. The van der Waals surface area contributed by atoms with Gasteiger partial charge < -0.3 is 11.1 Å². The first-order chi connectivity index (χ1) is 8.88. The van der Waals surface area contributed by atoms with Gasteiger partial charge in [-0.1, -0.05) is 28.1 Å². The summed E-state index contributed by atoms with van der Waals surface area (Å²) in [6.45, 7) is 3.94. The van der Waals surface area contributed by atoms with Crippen LogP contribution in [-0.4, -0.2) is 14.8 Å². The van der Waals surface area contributed by atoms with Crippen molar-refractivity contribution in [3.05, 3.63) is 39.5 Å². The first-order valence-corrected chi connectivity index (χ1v) is 6.96. The van der Waals surface area contributed by atoms with Crippen LogP contribution in [0.25, 0.3) is 0 Å². The van der Waals surface area contributed by atoms with Crippen molar-refractivity contribution in [3.63, 3.8) is 0 Å². The van der Waals surface area contributed by atoms with Crippen LogP contribution in [-0.2, 0) is 7.05 Å². The highest BCUT2D eigenvalue weighted by atomic mass is 79.9. The molecule has 1 aromatic carbocycles. The minimum absolute atomic E-state index is 0.347. The predicted octanol–water partition coefficient (Wildman–Crippen LogP) is 3.18. The molecule has 2 aromatic rings. The molecule has 19 heavy (non-hydrogen) atoms. The highest BCUT2D eigenvalue weighted by Gasteiger charge is 2.15. The monoisotopic (exact) mass is 338 g/mol. The summed E-state index contributed by atoms with van der Waals surface area (Å²) in [5, 5.41) is 7.68. The average Bonchev–Trinajstić information content (AvgIpc) is 2.52. The molecule has 0 amide bonds. The van der Waals surface area contributed by atoms with E-state index in [0.29, 0.717) is 4.99 Å². The molecule has 0 saturated carbocycles. The number of anilines is 2. The Morgan fingerprint density at radius 1 is 1.37 bits per heavy atom. The average molecular weight is 339 g/mol. The van der Waals surface area contributed by atoms with Crippen LogP contribution in [0.5, 0.6) is 0 Å².